The van der Waals surface area contributed by atoms with E-state index in [2.05, 4.69) is 10.2 Å². The number of nitrogens with zero attached hydrogens (tertiary/aromatic N) is 1. The van der Waals surface area contributed by atoms with E-state index in [0.29, 0.717) is 6.42 Å². The van der Waals surface area contributed by atoms with E-state index in [0.717, 1.165) is 29.7 Å². The maximum Gasteiger partial charge on any atom is 0.0691 e. The molecule has 1 fully saturated rings. The molecule has 2 aromatic rings. The van der Waals surface area contributed by atoms with Crippen LogP contribution in [0, 0.1) is 0 Å². The Morgan fingerprint density at radius 2 is 2.00 bits per heavy atom. The normalized spacial score (nSPS) is 17.3. The molecule has 0 unspecified atom stereocenters. The molecule has 0 spiro atoms. The summed E-state index contributed by atoms with van der Waals surface area (Å²) in [4.78, 5) is 0. The lowest BCUT2D eigenvalue weighted by atomic mass is 10.0. The summed E-state index contributed by atoms with van der Waals surface area (Å²) >= 11 is 0. The summed E-state index contributed by atoms with van der Waals surface area (Å²) in [6.07, 6.45) is 4.34. The molecule has 1 aliphatic rings. The van der Waals surface area contributed by atoms with Crippen LogP contribution in [0.3, 0.4) is 0 Å². The van der Waals surface area contributed by atoms with Crippen LogP contribution in [-0.2, 0) is 6.42 Å². The molecule has 0 radical (unpaired) electrons. The SMILES string of the molecule is OC1(Cc2cn[nH]c2-c2ccccc2)CC1. The number of benzene rings is 1. The fourth-order valence-electron chi connectivity index (χ4n) is 1.98. The van der Waals surface area contributed by atoms with Crippen molar-refractivity contribution in [2.24, 2.45) is 0 Å². The summed E-state index contributed by atoms with van der Waals surface area (Å²) in [6.45, 7) is 0. The molecule has 1 aliphatic carbocycles. The number of aromatic amines is 1. The van der Waals surface area contributed by atoms with Crippen molar-refractivity contribution in [2.75, 3.05) is 0 Å². The molecule has 0 saturated heterocycles. The Morgan fingerprint density at radius 1 is 1.25 bits per heavy atom. The fraction of sp³-hybridized carbons (Fsp3) is 0.308. The van der Waals surface area contributed by atoms with Crippen molar-refractivity contribution in [3.05, 3.63) is 42.1 Å². The van der Waals surface area contributed by atoms with E-state index in [1.54, 1.807) is 0 Å². The van der Waals surface area contributed by atoms with Gasteiger partial charge in [0.2, 0.25) is 0 Å². The first kappa shape index (κ1) is 9.60. The van der Waals surface area contributed by atoms with Crippen molar-refractivity contribution in [1.82, 2.24) is 10.2 Å². The Bertz CT molecular complexity index is 486. The molecule has 0 aliphatic heterocycles. The second-order valence-electron chi connectivity index (χ2n) is 4.54. The molecular weight excluding hydrogens is 200 g/mol. The fourth-order valence-corrected chi connectivity index (χ4v) is 1.98. The third-order valence-corrected chi connectivity index (χ3v) is 3.13. The van der Waals surface area contributed by atoms with Gasteiger partial charge in [0.25, 0.3) is 0 Å². The number of aliphatic hydroxyl groups is 1. The van der Waals surface area contributed by atoms with Gasteiger partial charge in [-0.25, -0.2) is 0 Å². The molecule has 0 atom stereocenters. The smallest absolute Gasteiger partial charge is 0.0691 e. The second-order valence-corrected chi connectivity index (χ2v) is 4.54. The molecule has 1 heterocycles. The van der Waals surface area contributed by atoms with Crippen LogP contribution in [0.1, 0.15) is 18.4 Å². The summed E-state index contributed by atoms with van der Waals surface area (Å²) in [5.74, 6) is 0. The maximum atomic E-state index is 9.93. The quantitative estimate of drug-likeness (QED) is 0.822. The van der Waals surface area contributed by atoms with Gasteiger partial charge in [0, 0.05) is 12.0 Å². The summed E-state index contributed by atoms with van der Waals surface area (Å²) in [6, 6.07) is 10.1. The minimum atomic E-state index is -0.465. The Hall–Kier alpha value is -1.61. The van der Waals surface area contributed by atoms with Gasteiger partial charge in [0.1, 0.15) is 0 Å². The number of H-pyrrole nitrogens is 1. The number of hydrogen-bond donors (Lipinski definition) is 2. The minimum Gasteiger partial charge on any atom is -0.390 e. The Labute approximate surface area is 94.1 Å². The van der Waals surface area contributed by atoms with Crippen molar-refractivity contribution in [3.63, 3.8) is 0 Å². The van der Waals surface area contributed by atoms with Crippen LogP contribution in [0.4, 0.5) is 0 Å². The molecule has 0 amide bonds. The number of nitrogens with one attached hydrogen (secondary N) is 1. The van der Waals surface area contributed by atoms with Crippen LogP contribution in [0.25, 0.3) is 11.3 Å². The van der Waals surface area contributed by atoms with Crippen molar-refractivity contribution < 1.29 is 5.11 Å². The third-order valence-electron chi connectivity index (χ3n) is 3.13. The Morgan fingerprint density at radius 3 is 2.69 bits per heavy atom. The van der Waals surface area contributed by atoms with Crippen LogP contribution in [0.15, 0.2) is 36.5 Å². The van der Waals surface area contributed by atoms with Gasteiger partial charge >= 0.3 is 0 Å². The van der Waals surface area contributed by atoms with Crippen LogP contribution in [0.5, 0.6) is 0 Å². The predicted octanol–water partition coefficient (Wildman–Crippen LogP) is 2.14. The van der Waals surface area contributed by atoms with Gasteiger partial charge in [-0.15, -0.1) is 0 Å². The summed E-state index contributed by atoms with van der Waals surface area (Å²) in [7, 11) is 0. The van der Waals surface area contributed by atoms with Gasteiger partial charge in [-0.3, -0.25) is 5.10 Å². The average molecular weight is 214 g/mol. The third kappa shape index (κ3) is 1.74. The molecular formula is C13H14N2O. The predicted molar refractivity (Wildman–Crippen MR) is 61.9 cm³/mol. The lowest BCUT2D eigenvalue weighted by molar-refractivity contribution is 0.151. The van der Waals surface area contributed by atoms with Crippen LogP contribution < -0.4 is 0 Å². The Balaban J connectivity index is 1.93. The van der Waals surface area contributed by atoms with E-state index < -0.39 is 5.60 Å². The molecule has 2 N–H and O–H groups in total. The standard InChI is InChI=1S/C13H14N2O/c16-13(6-7-13)8-11-9-14-15-12(11)10-4-2-1-3-5-10/h1-5,9,16H,6-8H2,(H,14,15). The first-order valence-corrected chi connectivity index (χ1v) is 5.57. The van der Waals surface area contributed by atoms with E-state index in [9.17, 15) is 5.11 Å². The van der Waals surface area contributed by atoms with Gasteiger partial charge in [-0.2, -0.15) is 5.10 Å². The highest BCUT2D eigenvalue weighted by Gasteiger charge is 2.40. The van der Waals surface area contributed by atoms with Crippen molar-refractivity contribution in [1.29, 1.82) is 0 Å². The molecule has 1 aromatic carbocycles. The zero-order chi connectivity index (χ0) is 11.0. The van der Waals surface area contributed by atoms with Crippen LogP contribution >= 0.6 is 0 Å². The zero-order valence-corrected chi connectivity index (χ0v) is 8.98. The molecule has 1 aromatic heterocycles. The first-order valence-electron chi connectivity index (χ1n) is 5.57. The number of hydrogen-bond acceptors (Lipinski definition) is 2. The zero-order valence-electron chi connectivity index (χ0n) is 8.98. The molecule has 0 bridgehead atoms. The highest BCUT2D eigenvalue weighted by atomic mass is 16.3. The summed E-state index contributed by atoms with van der Waals surface area (Å²) in [5.41, 5.74) is 2.79. The van der Waals surface area contributed by atoms with Crippen molar-refractivity contribution in [2.45, 2.75) is 24.9 Å². The van der Waals surface area contributed by atoms with Crippen molar-refractivity contribution in [3.8, 4) is 11.3 Å². The van der Waals surface area contributed by atoms with Gasteiger partial charge in [0.15, 0.2) is 0 Å². The van der Waals surface area contributed by atoms with E-state index in [1.165, 1.54) is 0 Å². The largest absolute Gasteiger partial charge is 0.390 e. The van der Waals surface area contributed by atoms with Gasteiger partial charge in [0.05, 0.1) is 17.5 Å². The topological polar surface area (TPSA) is 48.9 Å². The average Bonchev–Trinajstić information content (AvgIpc) is 2.86. The maximum absolute atomic E-state index is 9.93. The minimum absolute atomic E-state index is 0.465. The van der Waals surface area contributed by atoms with Crippen molar-refractivity contribution >= 4 is 0 Å². The lowest BCUT2D eigenvalue weighted by Crippen LogP contribution is -2.10. The van der Waals surface area contributed by atoms with Gasteiger partial charge in [-0.05, 0) is 18.4 Å². The van der Waals surface area contributed by atoms with Gasteiger partial charge < -0.3 is 5.11 Å². The molecule has 1 saturated carbocycles. The monoisotopic (exact) mass is 214 g/mol. The van der Waals surface area contributed by atoms with Crippen LogP contribution in [0.2, 0.25) is 0 Å². The molecule has 3 rings (SSSR count). The molecule has 16 heavy (non-hydrogen) atoms. The first-order chi connectivity index (χ1) is 7.77. The molecule has 82 valence electrons. The van der Waals surface area contributed by atoms with E-state index in [4.69, 9.17) is 0 Å². The highest BCUT2D eigenvalue weighted by Crippen LogP contribution is 2.39. The second kappa shape index (κ2) is 3.46. The summed E-state index contributed by atoms with van der Waals surface area (Å²) < 4.78 is 0. The van der Waals surface area contributed by atoms with Gasteiger partial charge in [-0.1, -0.05) is 30.3 Å². The van der Waals surface area contributed by atoms with E-state index >= 15 is 0 Å². The Kier molecular flexibility index (Phi) is 2.07. The number of rotatable bonds is 3. The molecule has 3 heteroatoms. The molecule has 3 nitrogen and oxygen atoms in total. The summed E-state index contributed by atoms with van der Waals surface area (Å²) in [5, 5.41) is 17.0. The van der Waals surface area contributed by atoms with Crippen LogP contribution in [-0.4, -0.2) is 20.9 Å². The highest BCUT2D eigenvalue weighted by molar-refractivity contribution is 5.62. The number of aromatic nitrogens is 2. The lowest BCUT2D eigenvalue weighted by Gasteiger charge is -2.07. The van der Waals surface area contributed by atoms with E-state index in [-0.39, 0.29) is 0 Å². The van der Waals surface area contributed by atoms with E-state index in [1.807, 2.05) is 36.5 Å².